The summed E-state index contributed by atoms with van der Waals surface area (Å²) in [4.78, 5) is 35.8. The highest BCUT2D eigenvalue weighted by Crippen LogP contribution is 2.21. The summed E-state index contributed by atoms with van der Waals surface area (Å²) >= 11 is 0. The van der Waals surface area contributed by atoms with Crippen LogP contribution in [0.5, 0.6) is 0 Å². The lowest BCUT2D eigenvalue weighted by Gasteiger charge is -2.34. The fraction of sp³-hybridized carbons (Fsp3) is 0.444. The maximum absolute atomic E-state index is 12.1. The summed E-state index contributed by atoms with van der Waals surface area (Å²) in [6.07, 6.45) is 3.67. The van der Waals surface area contributed by atoms with Crippen molar-refractivity contribution in [3.05, 3.63) is 46.0 Å². The number of nitrogens with zero attached hydrogens (tertiary/aromatic N) is 2. The van der Waals surface area contributed by atoms with Gasteiger partial charge in [-0.3, -0.25) is 14.9 Å². The van der Waals surface area contributed by atoms with Gasteiger partial charge in [0, 0.05) is 31.3 Å². The van der Waals surface area contributed by atoms with E-state index in [1.807, 2.05) is 0 Å². The molecule has 1 fully saturated rings. The summed E-state index contributed by atoms with van der Waals surface area (Å²) in [6.45, 7) is 5.28. The summed E-state index contributed by atoms with van der Waals surface area (Å²) < 4.78 is 4.98. The molecule has 1 aromatic carbocycles. The van der Waals surface area contributed by atoms with Crippen LogP contribution < -0.4 is 0 Å². The van der Waals surface area contributed by atoms with Crippen LogP contribution >= 0.6 is 0 Å². The minimum atomic E-state index is -0.655. The van der Waals surface area contributed by atoms with E-state index in [4.69, 9.17) is 4.74 Å². The first-order valence-electron chi connectivity index (χ1n) is 8.22. The second kappa shape index (κ2) is 8.41. The van der Waals surface area contributed by atoms with E-state index in [0.29, 0.717) is 30.5 Å². The summed E-state index contributed by atoms with van der Waals surface area (Å²) in [7, 11) is 0. The predicted molar refractivity (Wildman–Crippen MR) is 92.6 cm³/mol. The Morgan fingerprint density at radius 2 is 2.00 bits per heavy atom. The first-order chi connectivity index (χ1) is 11.8. The minimum absolute atomic E-state index is 0.0565. The van der Waals surface area contributed by atoms with Crippen LogP contribution in [0.4, 0.5) is 5.69 Å². The van der Waals surface area contributed by atoms with E-state index >= 15 is 0 Å². The number of nitro groups is 1. The molecule has 0 aliphatic carbocycles. The Morgan fingerprint density at radius 3 is 2.64 bits per heavy atom. The number of esters is 1. The number of rotatable bonds is 5. The van der Waals surface area contributed by atoms with Gasteiger partial charge >= 0.3 is 5.97 Å². The van der Waals surface area contributed by atoms with Crippen LogP contribution in [0.1, 0.15) is 25.8 Å². The third-order valence-corrected chi connectivity index (χ3v) is 4.05. The van der Waals surface area contributed by atoms with Crippen molar-refractivity contribution in [2.24, 2.45) is 11.8 Å². The predicted octanol–water partition coefficient (Wildman–Crippen LogP) is 2.66. The fourth-order valence-corrected chi connectivity index (χ4v) is 3.05. The summed E-state index contributed by atoms with van der Waals surface area (Å²) in [6, 6.07) is 5.89. The van der Waals surface area contributed by atoms with E-state index in [2.05, 4.69) is 13.8 Å². The lowest BCUT2D eigenvalue weighted by Crippen LogP contribution is -2.44. The Hall–Kier alpha value is -2.70. The Bertz CT molecular complexity index is 676. The Labute approximate surface area is 146 Å². The Balaban J connectivity index is 1.85. The zero-order valence-electron chi connectivity index (χ0n) is 14.4. The van der Waals surface area contributed by atoms with Crippen LogP contribution in [0.15, 0.2) is 30.3 Å². The molecule has 1 heterocycles. The number of non-ortho nitro benzene ring substituents is 1. The van der Waals surface area contributed by atoms with Crippen LogP contribution in [0.25, 0.3) is 6.08 Å². The molecule has 0 unspecified atom stereocenters. The van der Waals surface area contributed by atoms with Crippen molar-refractivity contribution in [2.45, 2.75) is 20.3 Å². The molecule has 25 heavy (non-hydrogen) atoms. The number of hydrogen-bond acceptors (Lipinski definition) is 5. The van der Waals surface area contributed by atoms with Gasteiger partial charge in [0.1, 0.15) is 0 Å². The van der Waals surface area contributed by atoms with E-state index in [-0.39, 0.29) is 18.2 Å². The molecule has 134 valence electrons. The van der Waals surface area contributed by atoms with Gasteiger partial charge in [0.05, 0.1) is 4.92 Å². The molecule has 7 heteroatoms. The number of nitro benzene ring substituents is 1. The quantitative estimate of drug-likeness (QED) is 0.354. The summed E-state index contributed by atoms with van der Waals surface area (Å²) in [5.74, 6) is 0.0304. The number of benzene rings is 1. The number of piperidine rings is 1. The van der Waals surface area contributed by atoms with Crippen molar-refractivity contribution in [1.29, 1.82) is 0 Å². The summed E-state index contributed by atoms with van der Waals surface area (Å²) in [5, 5.41) is 10.7. The minimum Gasteiger partial charge on any atom is -0.452 e. The Kier molecular flexibility index (Phi) is 6.27. The third-order valence-electron chi connectivity index (χ3n) is 4.05. The molecule has 0 aromatic heterocycles. The van der Waals surface area contributed by atoms with Gasteiger partial charge in [-0.25, -0.2) is 4.79 Å². The molecule has 2 atom stereocenters. The van der Waals surface area contributed by atoms with Crippen LogP contribution in [0.2, 0.25) is 0 Å². The van der Waals surface area contributed by atoms with E-state index in [0.717, 1.165) is 12.5 Å². The summed E-state index contributed by atoms with van der Waals surface area (Å²) in [5.41, 5.74) is 0.454. The molecule has 1 aliphatic rings. The number of carbonyl (C=O) groups excluding carboxylic acids is 2. The van der Waals surface area contributed by atoms with Gasteiger partial charge in [0.2, 0.25) is 0 Å². The lowest BCUT2D eigenvalue weighted by atomic mass is 9.92. The molecule has 0 N–H and O–H groups in total. The van der Waals surface area contributed by atoms with Gasteiger partial charge in [-0.2, -0.15) is 0 Å². The maximum atomic E-state index is 12.1. The number of hydrogen-bond donors (Lipinski definition) is 0. The van der Waals surface area contributed by atoms with Crippen molar-refractivity contribution in [2.75, 3.05) is 19.7 Å². The van der Waals surface area contributed by atoms with E-state index < -0.39 is 10.9 Å². The smallest absolute Gasteiger partial charge is 0.331 e. The molecular formula is C18H22N2O5. The Morgan fingerprint density at radius 1 is 1.32 bits per heavy atom. The second-order valence-corrected chi connectivity index (χ2v) is 6.54. The number of likely N-dealkylation sites (tertiary alicyclic amines) is 1. The third kappa shape index (κ3) is 5.70. The van der Waals surface area contributed by atoms with Crippen LogP contribution in [-0.2, 0) is 14.3 Å². The SMILES string of the molecule is C[C@@H]1C[C@@H](C)CN(C(=O)COC(=O)/C=C/c2cccc([N+](=O)[O-])c2)C1. The first-order valence-corrected chi connectivity index (χ1v) is 8.22. The molecule has 1 aromatic rings. The molecular weight excluding hydrogens is 324 g/mol. The first kappa shape index (κ1) is 18.6. The molecule has 0 radical (unpaired) electrons. The molecule has 0 saturated carbocycles. The van der Waals surface area contributed by atoms with Crippen LogP contribution in [0, 0.1) is 22.0 Å². The largest absolute Gasteiger partial charge is 0.452 e. The van der Waals surface area contributed by atoms with Gasteiger partial charge in [-0.1, -0.05) is 26.0 Å². The van der Waals surface area contributed by atoms with Crippen molar-refractivity contribution < 1.29 is 19.2 Å². The van der Waals surface area contributed by atoms with E-state index in [1.54, 1.807) is 11.0 Å². The van der Waals surface area contributed by atoms with Crippen molar-refractivity contribution >= 4 is 23.6 Å². The lowest BCUT2D eigenvalue weighted by molar-refractivity contribution is -0.384. The molecule has 2 rings (SSSR count). The average Bonchev–Trinajstić information content (AvgIpc) is 2.57. The van der Waals surface area contributed by atoms with Crippen molar-refractivity contribution in [3.63, 3.8) is 0 Å². The average molecular weight is 346 g/mol. The van der Waals surface area contributed by atoms with Crippen LogP contribution in [-0.4, -0.2) is 41.4 Å². The molecule has 0 bridgehead atoms. The van der Waals surface area contributed by atoms with Crippen molar-refractivity contribution in [3.8, 4) is 0 Å². The monoisotopic (exact) mass is 346 g/mol. The van der Waals surface area contributed by atoms with Crippen molar-refractivity contribution in [1.82, 2.24) is 4.90 Å². The number of amides is 1. The topological polar surface area (TPSA) is 89.8 Å². The van der Waals surface area contributed by atoms with Gasteiger partial charge in [0.15, 0.2) is 6.61 Å². The van der Waals surface area contributed by atoms with E-state index in [9.17, 15) is 19.7 Å². The highest BCUT2D eigenvalue weighted by molar-refractivity contribution is 5.89. The molecule has 1 amide bonds. The maximum Gasteiger partial charge on any atom is 0.331 e. The van der Waals surface area contributed by atoms with Crippen LogP contribution in [0.3, 0.4) is 0 Å². The fourth-order valence-electron chi connectivity index (χ4n) is 3.05. The highest BCUT2D eigenvalue weighted by Gasteiger charge is 2.25. The molecule has 1 saturated heterocycles. The number of carbonyl (C=O) groups is 2. The zero-order valence-corrected chi connectivity index (χ0v) is 14.4. The van der Waals surface area contributed by atoms with E-state index in [1.165, 1.54) is 24.3 Å². The van der Waals surface area contributed by atoms with Gasteiger partial charge in [0.25, 0.3) is 11.6 Å². The van der Waals surface area contributed by atoms with Gasteiger partial charge in [-0.05, 0) is 29.9 Å². The standard InChI is InChI=1S/C18H22N2O5/c1-13-8-14(2)11-19(10-13)17(21)12-25-18(22)7-6-15-4-3-5-16(9-15)20(23)24/h3-7,9,13-14H,8,10-12H2,1-2H3/b7-6+/t13-,14-/m1/s1. The van der Waals surface area contributed by atoms with Gasteiger partial charge in [-0.15, -0.1) is 0 Å². The molecule has 7 nitrogen and oxygen atoms in total. The number of ether oxygens (including phenoxy) is 1. The normalized spacial score (nSPS) is 20.5. The van der Waals surface area contributed by atoms with Gasteiger partial charge < -0.3 is 9.64 Å². The highest BCUT2D eigenvalue weighted by atomic mass is 16.6. The molecule has 0 spiro atoms. The molecule has 1 aliphatic heterocycles. The second-order valence-electron chi connectivity index (χ2n) is 6.54. The zero-order chi connectivity index (χ0) is 18.4.